The smallest absolute Gasteiger partial charge is 0.336 e. The second-order valence-electron chi connectivity index (χ2n) is 6.58. The standard InChI is InChI=1S/C20H16O5/c1-20-13-9-11(22-2)3-5-16(13)23-10-14(20)19-12-4-8-18(21)24-15(12)6-7-17(19)25-20/h3-9,14H,10H2,1-2H3. The van der Waals surface area contributed by atoms with Crippen LogP contribution in [-0.4, -0.2) is 13.7 Å². The first kappa shape index (κ1) is 14.4. The van der Waals surface area contributed by atoms with E-state index in [9.17, 15) is 4.79 Å². The molecule has 2 aliphatic rings. The molecule has 5 rings (SSSR count). The second-order valence-corrected chi connectivity index (χ2v) is 6.58. The minimum absolute atomic E-state index is 0.00138. The highest BCUT2D eigenvalue weighted by Crippen LogP contribution is 2.56. The molecule has 0 N–H and O–H groups in total. The molecule has 0 aliphatic carbocycles. The van der Waals surface area contributed by atoms with Gasteiger partial charge in [-0.15, -0.1) is 0 Å². The van der Waals surface area contributed by atoms with Crippen LogP contribution in [0, 0.1) is 0 Å². The molecule has 0 bridgehead atoms. The van der Waals surface area contributed by atoms with Crippen molar-refractivity contribution in [2.75, 3.05) is 13.7 Å². The van der Waals surface area contributed by atoms with Crippen molar-refractivity contribution in [3.63, 3.8) is 0 Å². The minimum Gasteiger partial charge on any atom is -0.497 e. The van der Waals surface area contributed by atoms with Crippen LogP contribution >= 0.6 is 0 Å². The number of benzene rings is 2. The van der Waals surface area contributed by atoms with E-state index in [0.717, 1.165) is 33.8 Å². The average Bonchev–Trinajstić information content (AvgIpc) is 2.94. The molecule has 2 atom stereocenters. The van der Waals surface area contributed by atoms with Gasteiger partial charge in [0, 0.05) is 22.6 Å². The number of rotatable bonds is 1. The van der Waals surface area contributed by atoms with Crippen LogP contribution in [0.25, 0.3) is 11.0 Å². The maximum Gasteiger partial charge on any atom is 0.336 e. The first-order valence-electron chi connectivity index (χ1n) is 8.17. The van der Waals surface area contributed by atoms with E-state index in [1.807, 2.05) is 24.3 Å². The lowest BCUT2D eigenvalue weighted by atomic mass is 9.78. The van der Waals surface area contributed by atoms with Gasteiger partial charge < -0.3 is 18.6 Å². The van der Waals surface area contributed by atoms with Crippen LogP contribution in [0.3, 0.4) is 0 Å². The van der Waals surface area contributed by atoms with Crippen molar-refractivity contribution in [1.82, 2.24) is 0 Å². The van der Waals surface area contributed by atoms with Crippen LogP contribution in [0.5, 0.6) is 17.2 Å². The van der Waals surface area contributed by atoms with E-state index in [1.54, 1.807) is 19.2 Å². The SMILES string of the molecule is COc1ccc2c(c1)C1(C)Oc3ccc4oc(=O)ccc4c3C1CO2. The van der Waals surface area contributed by atoms with E-state index in [2.05, 4.69) is 6.92 Å². The van der Waals surface area contributed by atoms with Gasteiger partial charge in [0.1, 0.15) is 28.4 Å². The highest BCUT2D eigenvalue weighted by atomic mass is 16.5. The van der Waals surface area contributed by atoms with Gasteiger partial charge in [0.05, 0.1) is 19.6 Å². The van der Waals surface area contributed by atoms with Crippen molar-refractivity contribution >= 4 is 11.0 Å². The van der Waals surface area contributed by atoms with Crippen LogP contribution in [-0.2, 0) is 5.60 Å². The quantitative estimate of drug-likeness (QED) is 0.636. The molecule has 0 fully saturated rings. The summed E-state index contributed by atoms with van der Waals surface area (Å²) in [5, 5.41) is 0.890. The Hall–Kier alpha value is -2.95. The van der Waals surface area contributed by atoms with Gasteiger partial charge in [-0.1, -0.05) is 0 Å². The summed E-state index contributed by atoms with van der Waals surface area (Å²) in [5.41, 5.74) is 1.64. The second kappa shape index (κ2) is 4.79. The van der Waals surface area contributed by atoms with Gasteiger partial charge >= 0.3 is 5.63 Å². The summed E-state index contributed by atoms with van der Waals surface area (Å²) in [7, 11) is 1.64. The van der Waals surface area contributed by atoms with Crippen molar-refractivity contribution in [1.29, 1.82) is 0 Å². The first-order chi connectivity index (χ1) is 12.1. The Bertz CT molecular complexity index is 1070. The molecule has 0 spiro atoms. The fourth-order valence-corrected chi connectivity index (χ4v) is 3.98. The third kappa shape index (κ3) is 1.86. The number of hydrogen-bond acceptors (Lipinski definition) is 5. The predicted molar refractivity (Wildman–Crippen MR) is 91.7 cm³/mol. The Morgan fingerprint density at radius 1 is 1.12 bits per heavy atom. The highest BCUT2D eigenvalue weighted by molar-refractivity contribution is 5.85. The lowest BCUT2D eigenvalue weighted by molar-refractivity contribution is 0.0433. The molecule has 2 aliphatic heterocycles. The zero-order valence-electron chi connectivity index (χ0n) is 13.9. The molecule has 3 heterocycles. The predicted octanol–water partition coefficient (Wildman–Crippen LogP) is 3.59. The van der Waals surface area contributed by atoms with E-state index in [4.69, 9.17) is 18.6 Å². The van der Waals surface area contributed by atoms with Crippen molar-refractivity contribution in [2.24, 2.45) is 0 Å². The summed E-state index contributed by atoms with van der Waals surface area (Å²) in [6, 6.07) is 12.7. The maximum atomic E-state index is 11.5. The van der Waals surface area contributed by atoms with Crippen LogP contribution in [0.2, 0.25) is 0 Å². The molecule has 0 saturated heterocycles. The molecule has 3 aromatic rings. The van der Waals surface area contributed by atoms with E-state index in [1.165, 1.54) is 6.07 Å². The Kier molecular flexibility index (Phi) is 2.76. The number of fused-ring (bicyclic) bond motifs is 7. The molecule has 0 amide bonds. The molecule has 1 aromatic heterocycles. The van der Waals surface area contributed by atoms with Crippen molar-refractivity contribution in [3.05, 3.63) is 64.0 Å². The van der Waals surface area contributed by atoms with Crippen molar-refractivity contribution < 1.29 is 18.6 Å². The number of methoxy groups -OCH3 is 1. The fourth-order valence-electron chi connectivity index (χ4n) is 3.98. The normalized spacial score (nSPS) is 23.2. The maximum absolute atomic E-state index is 11.5. The lowest BCUT2D eigenvalue weighted by Gasteiger charge is -2.37. The van der Waals surface area contributed by atoms with Crippen molar-refractivity contribution in [2.45, 2.75) is 18.4 Å². The molecule has 0 saturated carbocycles. The van der Waals surface area contributed by atoms with Gasteiger partial charge in [0.2, 0.25) is 0 Å². The molecular formula is C20H16O5. The van der Waals surface area contributed by atoms with Gasteiger partial charge in [-0.2, -0.15) is 0 Å². The van der Waals surface area contributed by atoms with Crippen LogP contribution < -0.4 is 19.8 Å². The van der Waals surface area contributed by atoms with Crippen LogP contribution in [0.15, 0.2) is 51.7 Å². The zero-order valence-corrected chi connectivity index (χ0v) is 13.9. The van der Waals surface area contributed by atoms with E-state index >= 15 is 0 Å². The molecule has 126 valence electrons. The monoisotopic (exact) mass is 336 g/mol. The summed E-state index contributed by atoms with van der Waals surface area (Å²) < 4.78 is 23.1. The molecule has 5 heteroatoms. The third-order valence-electron chi connectivity index (χ3n) is 5.27. The highest BCUT2D eigenvalue weighted by Gasteiger charge is 2.51. The van der Waals surface area contributed by atoms with Gasteiger partial charge in [-0.25, -0.2) is 4.79 Å². The lowest BCUT2D eigenvalue weighted by Crippen LogP contribution is -2.38. The van der Waals surface area contributed by atoms with E-state index in [-0.39, 0.29) is 11.5 Å². The fraction of sp³-hybridized carbons (Fsp3) is 0.250. The molecule has 2 unspecified atom stereocenters. The van der Waals surface area contributed by atoms with Gasteiger partial charge in [-0.3, -0.25) is 0 Å². The van der Waals surface area contributed by atoms with E-state index in [0.29, 0.717) is 12.2 Å². The third-order valence-corrected chi connectivity index (χ3v) is 5.27. The molecule has 5 nitrogen and oxygen atoms in total. The van der Waals surface area contributed by atoms with E-state index < -0.39 is 5.60 Å². The summed E-state index contributed by atoms with van der Waals surface area (Å²) >= 11 is 0. The van der Waals surface area contributed by atoms with Crippen molar-refractivity contribution in [3.8, 4) is 17.2 Å². The van der Waals surface area contributed by atoms with Gasteiger partial charge in [-0.05, 0) is 43.3 Å². The summed E-state index contributed by atoms with van der Waals surface area (Å²) in [5.74, 6) is 2.37. The molecule has 2 aromatic carbocycles. The summed E-state index contributed by atoms with van der Waals surface area (Å²) in [6.45, 7) is 2.57. The number of hydrogen-bond donors (Lipinski definition) is 0. The number of ether oxygens (including phenoxy) is 3. The first-order valence-corrected chi connectivity index (χ1v) is 8.17. The van der Waals surface area contributed by atoms with Gasteiger partial charge in [0.15, 0.2) is 0 Å². The van der Waals surface area contributed by atoms with Gasteiger partial charge in [0.25, 0.3) is 0 Å². The average molecular weight is 336 g/mol. The Morgan fingerprint density at radius 2 is 1.96 bits per heavy atom. The Labute approximate surface area is 143 Å². The zero-order chi connectivity index (χ0) is 17.2. The Balaban J connectivity index is 1.75. The minimum atomic E-state index is -0.561. The molecule has 0 radical (unpaired) electrons. The Morgan fingerprint density at radius 3 is 2.80 bits per heavy atom. The largest absolute Gasteiger partial charge is 0.497 e. The summed E-state index contributed by atoms with van der Waals surface area (Å²) in [4.78, 5) is 11.5. The van der Waals surface area contributed by atoms with Crippen LogP contribution in [0.4, 0.5) is 0 Å². The van der Waals surface area contributed by atoms with Crippen LogP contribution in [0.1, 0.15) is 24.0 Å². The molecular weight excluding hydrogens is 320 g/mol. The topological polar surface area (TPSA) is 57.9 Å². The molecule has 25 heavy (non-hydrogen) atoms. The summed E-state index contributed by atoms with van der Waals surface area (Å²) in [6.07, 6.45) is 0.